The number of nitro groups is 1. The van der Waals surface area contributed by atoms with E-state index in [9.17, 15) is 10.1 Å². The molecule has 3 rings (SSSR count). The van der Waals surface area contributed by atoms with E-state index in [2.05, 4.69) is 9.98 Å². The van der Waals surface area contributed by atoms with Crippen molar-refractivity contribution in [2.75, 3.05) is 0 Å². The van der Waals surface area contributed by atoms with Gasteiger partial charge < -0.3 is 0 Å². The molecule has 0 amide bonds. The van der Waals surface area contributed by atoms with Gasteiger partial charge in [0.1, 0.15) is 0 Å². The van der Waals surface area contributed by atoms with Gasteiger partial charge in [-0.3, -0.25) is 20.1 Å². The van der Waals surface area contributed by atoms with Crippen LogP contribution < -0.4 is 0 Å². The molecule has 0 bridgehead atoms. The molecule has 0 saturated carbocycles. The van der Waals surface area contributed by atoms with Crippen LogP contribution in [0.1, 0.15) is 5.56 Å². The predicted molar refractivity (Wildman–Crippen MR) is 82.1 cm³/mol. The van der Waals surface area contributed by atoms with E-state index in [-0.39, 0.29) is 5.69 Å². The molecule has 0 radical (unpaired) electrons. The van der Waals surface area contributed by atoms with Crippen LogP contribution in [0.5, 0.6) is 0 Å². The van der Waals surface area contributed by atoms with E-state index in [4.69, 9.17) is 0 Å². The molecule has 102 valence electrons. The van der Waals surface area contributed by atoms with Crippen LogP contribution in [0.3, 0.4) is 0 Å². The molecule has 0 fully saturated rings. The first kappa shape index (κ1) is 12.9. The van der Waals surface area contributed by atoms with Crippen molar-refractivity contribution >= 4 is 28.5 Å². The van der Waals surface area contributed by atoms with Gasteiger partial charge in [0.15, 0.2) is 0 Å². The molecule has 21 heavy (non-hydrogen) atoms. The molecule has 0 atom stereocenters. The summed E-state index contributed by atoms with van der Waals surface area (Å²) in [6, 6.07) is 15.9. The number of hydrogen-bond donors (Lipinski definition) is 0. The molecule has 0 aliphatic carbocycles. The summed E-state index contributed by atoms with van der Waals surface area (Å²) in [6.45, 7) is 0. The lowest BCUT2D eigenvalue weighted by molar-refractivity contribution is -0.384. The van der Waals surface area contributed by atoms with Crippen LogP contribution in [0, 0.1) is 10.1 Å². The van der Waals surface area contributed by atoms with Crippen molar-refractivity contribution in [2.24, 2.45) is 4.99 Å². The first-order chi connectivity index (χ1) is 10.2. The third kappa shape index (κ3) is 2.92. The van der Waals surface area contributed by atoms with Crippen LogP contribution in [0.15, 0.2) is 65.8 Å². The molecule has 0 aliphatic rings. The third-order valence-electron chi connectivity index (χ3n) is 3.05. The molecule has 0 saturated heterocycles. The number of benzene rings is 2. The standard InChI is InChI=1S/C16H11N3O2/c20-19(21)15-6-3-12(4-7-15)11-18-14-5-8-16-13(10-14)2-1-9-17-16/h1-11H. The second-order valence-electron chi connectivity index (χ2n) is 4.49. The molecular formula is C16H11N3O2. The minimum absolute atomic E-state index is 0.0731. The van der Waals surface area contributed by atoms with Crippen LogP contribution in [-0.4, -0.2) is 16.1 Å². The zero-order valence-corrected chi connectivity index (χ0v) is 11.0. The quantitative estimate of drug-likeness (QED) is 0.414. The van der Waals surface area contributed by atoms with E-state index in [1.807, 2.05) is 30.3 Å². The Kier molecular flexibility index (Phi) is 3.39. The van der Waals surface area contributed by atoms with Crippen molar-refractivity contribution in [3.63, 3.8) is 0 Å². The highest BCUT2D eigenvalue weighted by molar-refractivity contribution is 5.85. The van der Waals surface area contributed by atoms with Gasteiger partial charge in [0, 0.05) is 29.9 Å². The zero-order valence-electron chi connectivity index (χ0n) is 11.0. The van der Waals surface area contributed by atoms with E-state index >= 15 is 0 Å². The fraction of sp³-hybridized carbons (Fsp3) is 0. The highest BCUT2D eigenvalue weighted by Crippen LogP contribution is 2.19. The number of aliphatic imine (C=N–C) groups is 1. The summed E-state index contributed by atoms with van der Waals surface area (Å²) in [5.74, 6) is 0. The lowest BCUT2D eigenvalue weighted by Crippen LogP contribution is -1.88. The summed E-state index contributed by atoms with van der Waals surface area (Å²) in [5.41, 5.74) is 2.62. The molecule has 1 aromatic heterocycles. The Balaban J connectivity index is 1.85. The number of nitrogens with zero attached hydrogens (tertiary/aromatic N) is 3. The molecule has 2 aromatic carbocycles. The van der Waals surface area contributed by atoms with Gasteiger partial charge in [-0.25, -0.2) is 0 Å². The maximum Gasteiger partial charge on any atom is 0.269 e. The monoisotopic (exact) mass is 277 g/mol. The minimum Gasteiger partial charge on any atom is -0.258 e. The Bertz CT molecular complexity index is 826. The number of non-ortho nitro benzene ring substituents is 1. The summed E-state index contributed by atoms with van der Waals surface area (Å²) in [6.07, 6.45) is 3.43. The second kappa shape index (κ2) is 5.50. The van der Waals surface area contributed by atoms with Gasteiger partial charge in [0.25, 0.3) is 5.69 Å². The Hall–Kier alpha value is -3.08. The van der Waals surface area contributed by atoms with Gasteiger partial charge in [0.05, 0.1) is 16.1 Å². The number of rotatable bonds is 3. The van der Waals surface area contributed by atoms with Crippen LogP contribution in [-0.2, 0) is 0 Å². The van der Waals surface area contributed by atoms with Crippen LogP contribution in [0.25, 0.3) is 10.9 Å². The highest BCUT2D eigenvalue weighted by atomic mass is 16.6. The maximum atomic E-state index is 10.6. The number of fused-ring (bicyclic) bond motifs is 1. The second-order valence-corrected chi connectivity index (χ2v) is 4.49. The van der Waals surface area contributed by atoms with Crippen molar-refractivity contribution in [2.45, 2.75) is 0 Å². The van der Waals surface area contributed by atoms with Gasteiger partial charge in [-0.1, -0.05) is 6.07 Å². The predicted octanol–water partition coefficient (Wildman–Crippen LogP) is 3.89. The fourth-order valence-corrected chi connectivity index (χ4v) is 1.97. The normalized spacial score (nSPS) is 11.0. The average molecular weight is 277 g/mol. The van der Waals surface area contributed by atoms with Gasteiger partial charge in [-0.2, -0.15) is 0 Å². The third-order valence-corrected chi connectivity index (χ3v) is 3.05. The molecule has 1 heterocycles. The van der Waals surface area contributed by atoms with E-state index in [0.717, 1.165) is 22.2 Å². The summed E-state index contributed by atoms with van der Waals surface area (Å²) in [4.78, 5) is 18.8. The van der Waals surface area contributed by atoms with Crippen LogP contribution in [0.4, 0.5) is 11.4 Å². The van der Waals surface area contributed by atoms with Gasteiger partial charge in [0.2, 0.25) is 0 Å². The van der Waals surface area contributed by atoms with E-state index < -0.39 is 4.92 Å². The molecule has 0 N–H and O–H groups in total. The van der Waals surface area contributed by atoms with Crippen molar-refractivity contribution in [3.05, 3.63) is 76.5 Å². The molecule has 5 heteroatoms. The Morgan fingerprint density at radius 3 is 2.67 bits per heavy atom. The average Bonchev–Trinajstić information content (AvgIpc) is 2.53. The molecule has 5 nitrogen and oxygen atoms in total. The molecule has 0 unspecified atom stereocenters. The van der Waals surface area contributed by atoms with E-state index in [0.29, 0.717) is 0 Å². The lowest BCUT2D eigenvalue weighted by Gasteiger charge is -1.98. The molecule has 0 spiro atoms. The molecule has 0 aliphatic heterocycles. The number of pyridine rings is 1. The largest absolute Gasteiger partial charge is 0.269 e. The number of aromatic nitrogens is 1. The van der Waals surface area contributed by atoms with Crippen LogP contribution in [0.2, 0.25) is 0 Å². The first-order valence-electron chi connectivity index (χ1n) is 6.36. The molecule has 3 aromatic rings. The number of nitro benzene ring substituents is 1. The Morgan fingerprint density at radius 2 is 1.90 bits per heavy atom. The van der Waals surface area contributed by atoms with Gasteiger partial charge >= 0.3 is 0 Å². The fourth-order valence-electron chi connectivity index (χ4n) is 1.97. The summed E-state index contributed by atoms with van der Waals surface area (Å²) < 4.78 is 0. The van der Waals surface area contributed by atoms with Crippen molar-refractivity contribution in [3.8, 4) is 0 Å². The Labute approximate surface area is 120 Å². The van der Waals surface area contributed by atoms with Crippen LogP contribution >= 0.6 is 0 Å². The van der Waals surface area contributed by atoms with Gasteiger partial charge in [-0.05, 0) is 42.0 Å². The highest BCUT2D eigenvalue weighted by Gasteiger charge is 2.02. The molecular weight excluding hydrogens is 266 g/mol. The topological polar surface area (TPSA) is 68.4 Å². The first-order valence-corrected chi connectivity index (χ1v) is 6.36. The van der Waals surface area contributed by atoms with Gasteiger partial charge in [-0.15, -0.1) is 0 Å². The van der Waals surface area contributed by atoms with Crippen molar-refractivity contribution < 1.29 is 4.92 Å². The summed E-state index contributed by atoms with van der Waals surface area (Å²) >= 11 is 0. The van der Waals surface area contributed by atoms with E-state index in [1.165, 1.54) is 12.1 Å². The summed E-state index contributed by atoms with van der Waals surface area (Å²) in [7, 11) is 0. The van der Waals surface area contributed by atoms with Crippen molar-refractivity contribution in [1.82, 2.24) is 4.98 Å². The van der Waals surface area contributed by atoms with E-state index in [1.54, 1.807) is 24.5 Å². The summed E-state index contributed by atoms with van der Waals surface area (Å²) in [5, 5.41) is 11.6. The number of hydrogen-bond acceptors (Lipinski definition) is 4. The Morgan fingerprint density at radius 1 is 1.10 bits per heavy atom. The lowest BCUT2D eigenvalue weighted by atomic mass is 10.2. The minimum atomic E-state index is -0.419. The maximum absolute atomic E-state index is 10.6. The SMILES string of the molecule is O=[N+]([O-])c1ccc(C=Nc2ccc3ncccc3c2)cc1. The zero-order chi connectivity index (χ0) is 14.7. The smallest absolute Gasteiger partial charge is 0.258 e. The van der Waals surface area contributed by atoms with Crippen molar-refractivity contribution in [1.29, 1.82) is 0 Å².